The van der Waals surface area contributed by atoms with Gasteiger partial charge in [-0.15, -0.1) is 0 Å². The number of hydrogen-bond acceptors (Lipinski definition) is 4. The van der Waals surface area contributed by atoms with Crippen molar-refractivity contribution < 1.29 is 13.2 Å². The summed E-state index contributed by atoms with van der Waals surface area (Å²) in [6.45, 7) is 3.00. The van der Waals surface area contributed by atoms with Gasteiger partial charge in [0.25, 0.3) is 0 Å². The Balaban J connectivity index is 2.56. The first kappa shape index (κ1) is 14.4. The minimum Gasteiger partial charge on any atom is -0.343 e. The molecule has 0 aliphatic carbocycles. The molecule has 1 aliphatic heterocycles. The first-order valence-corrected chi connectivity index (χ1v) is 7.99. The molecule has 100 valence electrons. The normalized spacial score (nSPS) is 25.6. The van der Waals surface area contributed by atoms with E-state index in [9.17, 15) is 13.2 Å². The molecule has 1 heterocycles. The zero-order valence-corrected chi connectivity index (χ0v) is 11.6. The molecule has 1 atom stereocenters. The molecule has 6 heteroatoms. The summed E-state index contributed by atoms with van der Waals surface area (Å²) in [5.74, 6) is 0.00606. The van der Waals surface area contributed by atoms with Crippen molar-refractivity contribution in [3.63, 3.8) is 0 Å². The second kappa shape index (κ2) is 5.35. The monoisotopic (exact) mass is 262 g/mol. The maximum atomic E-state index is 12.2. The number of piperidine rings is 1. The van der Waals surface area contributed by atoms with Gasteiger partial charge in [0, 0.05) is 19.8 Å². The highest BCUT2D eigenvalue weighted by molar-refractivity contribution is 7.90. The van der Waals surface area contributed by atoms with Gasteiger partial charge in [0.15, 0.2) is 0 Å². The summed E-state index contributed by atoms with van der Waals surface area (Å²) in [5, 5.41) is 3.23. The highest BCUT2D eigenvalue weighted by atomic mass is 32.2. The van der Waals surface area contributed by atoms with E-state index in [-0.39, 0.29) is 18.2 Å². The summed E-state index contributed by atoms with van der Waals surface area (Å²) in [6, 6.07) is 0. The number of amides is 1. The molecular weight excluding hydrogens is 240 g/mol. The largest absolute Gasteiger partial charge is 0.343 e. The minimum absolute atomic E-state index is 0.0131. The van der Waals surface area contributed by atoms with Crippen molar-refractivity contribution in [2.75, 3.05) is 32.1 Å². The number of hydrogen-bond donors (Lipinski definition) is 1. The van der Waals surface area contributed by atoms with Crippen LogP contribution >= 0.6 is 0 Å². The van der Waals surface area contributed by atoms with Gasteiger partial charge in [0.1, 0.15) is 9.84 Å². The second-order valence-corrected chi connectivity index (χ2v) is 7.33. The number of nitrogens with zero attached hydrogens (tertiary/aromatic N) is 1. The Bertz CT molecular complexity index is 372. The van der Waals surface area contributed by atoms with Gasteiger partial charge in [-0.05, 0) is 32.7 Å². The van der Waals surface area contributed by atoms with Crippen LogP contribution in [0.15, 0.2) is 0 Å². The van der Waals surface area contributed by atoms with Crippen molar-refractivity contribution in [3.05, 3.63) is 0 Å². The molecule has 1 fully saturated rings. The van der Waals surface area contributed by atoms with Gasteiger partial charge in [0.2, 0.25) is 5.91 Å². The van der Waals surface area contributed by atoms with Crippen molar-refractivity contribution in [1.29, 1.82) is 0 Å². The Kier molecular flexibility index (Phi) is 4.55. The first-order valence-electron chi connectivity index (χ1n) is 5.93. The summed E-state index contributed by atoms with van der Waals surface area (Å²) in [6.07, 6.45) is 4.13. The Morgan fingerprint density at radius 3 is 2.53 bits per heavy atom. The molecule has 17 heavy (non-hydrogen) atoms. The lowest BCUT2D eigenvalue weighted by Gasteiger charge is -2.36. The maximum Gasteiger partial charge on any atom is 0.242 e. The lowest BCUT2D eigenvalue weighted by atomic mass is 9.89. The van der Waals surface area contributed by atoms with Crippen LogP contribution in [-0.4, -0.2) is 56.9 Å². The molecule has 0 aromatic carbocycles. The van der Waals surface area contributed by atoms with E-state index in [2.05, 4.69) is 5.32 Å². The summed E-state index contributed by atoms with van der Waals surface area (Å²) < 4.78 is 22.1. The fraction of sp³-hybridized carbons (Fsp3) is 0.909. The third-order valence-corrected chi connectivity index (χ3v) is 4.16. The lowest BCUT2D eigenvalue weighted by molar-refractivity contribution is -0.137. The molecule has 0 aromatic rings. The first-order chi connectivity index (χ1) is 7.75. The van der Waals surface area contributed by atoms with E-state index in [0.717, 1.165) is 25.8 Å². The van der Waals surface area contributed by atoms with Crippen molar-refractivity contribution in [2.24, 2.45) is 0 Å². The standard InChI is InChI=1S/C11H22N2O3S/c1-11(6-4-5-7-12-11)10(14)13(2)8-9-17(3,15)16/h12H,4-9H2,1-3H3. The molecule has 1 saturated heterocycles. The third kappa shape index (κ3) is 4.27. The van der Waals surface area contributed by atoms with E-state index < -0.39 is 15.4 Å². The molecule has 1 amide bonds. The Labute approximate surface area is 103 Å². The Hall–Kier alpha value is -0.620. The van der Waals surface area contributed by atoms with Crippen molar-refractivity contribution in [2.45, 2.75) is 31.7 Å². The number of rotatable bonds is 4. The molecule has 0 aromatic heterocycles. The van der Waals surface area contributed by atoms with Crippen molar-refractivity contribution >= 4 is 15.7 Å². The van der Waals surface area contributed by atoms with Gasteiger partial charge in [-0.1, -0.05) is 0 Å². The van der Waals surface area contributed by atoms with E-state index in [1.807, 2.05) is 6.92 Å². The zero-order chi connectivity index (χ0) is 13.1. The predicted molar refractivity (Wildman–Crippen MR) is 67.6 cm³/mol. The number of likely N-dealkylation sites (N-methyl/N-ethyl adjacent to an activating group) is 1. The summed E-state index contributed by atoms with van der Waals surface area (Å²) >= 11 is 0. The smallest absolute Gasteiger partial charge is 0.242 e. The van der Waals surface area contributed by atoms with Gasteiger partial charge in [-0.3, -0.25) is 4.79 Å². The number of carbonyl (C=O) groups is 1. The molecule has 0 radical (unpaired) electrons. The minimum atomic E-state index is -3.02. The van der Waals surface area contributed by atoms with E-state index in [1.165, 1.54) is 11.2 Å². The van der Waals surface area contributed by atoms with Crippen LogP contribution in [0.1, 0.15) is 26.2 Å². The van der Waals surface area contributed by atoms with Crippen LogP contribution in [0.5, 0.6) is 0 Å². The number of carbonyl (C=O) groups excluding carboxylic acids is 1. The van der Waals surface area contributed by atoms with E-state index >= 15 is 0 Å². The quantitative estimate of drug-likeness (QED) is 0.776. The molecule has 0 spiro atoms. The maximum absolute atomic E-state index is 12.2. The highest BCUT2D eigenvalue weighted by Crippen LogP contribution is 2.20. The fourth-order valence-corrected chi connectivity index (χ4v) is 2.67. The number of nitrogens with one attached hydrogen (secondary N) is 1. The van der Waals surface area contributed by atoms with Crippen LogP contribution in [0.25, 0.3) is 0 Å². The number of sulfone groups is 1. The Morgan fingerprint density at radius 1 is 1.41 bits per heavy atom. The highest BCUT2D eigenvalue weighted by Gasteiger charge is 2.36. The van der Waals surface area contributed by atoms with E-state index in [0.29, 0.717) is 0 Å². The Morgan fingerprint density at radius 2 is 2.06 bits per heavy atom. The van der Waals surface area contributed by atoms with Crippen molar-refractivity contribution in [3.8, 4) is 0 Å². The molecular formula is C11H22N2O3S. The van der Waals surface area contributed by atoms with Crippen LogP contribution in [0.2, 0.25) is 0 Å². The molecule has 1 unspecified atom stereocenters. The summed E-state index contributed by atoms with van der Waals surface area (Å²) in [7, 11) is -1.36. The van der Waals surface area contributed by atoms with Gasteiger partial charge in [-0.2, -0.15) is 0 Å². The molecule has 0 saturated carbocycles. The van der Waals surface area contributed by atoms with Crippen LogP contribution in [0, 0.1) is 0 Å². The van der Waals surface area contributed by atoms with Crippen LogP contribution in [-0.2, 0) is 14.6 Å². The topological polar surface area (TPSA) is 66.5 Å². The SMILES string of the molecule is CN(CCS(C)(=O)=O)C(=O)C1(C)CCCCN1. The zero-order valence-electron chi connectivity index (χ0n) is 10.8. The summed E-state index contributed by atoms with van der Waals surface area (Å²) in [5.41, 5.74) is -0.523. The lowest BCUT2D eigenvalue weighted by Crippen LogP contribution is -2.57. The molecule has 1 aliphatic rings. The average Bonchev–Trinajstić information content (AvgIpc) is 2.25. The molecule has 0 bridgehead atoms. The molecule has 1 rings (SSSR count). The van der Waals surface area contributed by atoms with Crippen LogP contribution in [0.3, 0.4) is 0 Å². The molecule has 1 N–H and O–H groups in total. The van der Waals surface area contributed by atoms with Gasteiger partial charge in [-0.25, -0.2) is 8.42 Å². The van der Waals surface area contributed by atoms with Gasteiger partial charge >= 0.3 is 0 Å². The average molecular weight is 262 g/mol. The van der Waals surface area contributed by atoms with Crippen LogP contribution < -0.4 is 5.32 Å². The molecule has 5 nitrogen and oxygen atoms in total. The van der Waals surface area contributed by atoms with Gasteiger partial charge in [0.05, 0.1) is 11.3 Å². The second-order valence-electron chi connectivity index (χ2n) is 5.07. The predicted octanol–water partition coefficient (Wildman–Crippen LogP) is 0.0216. The summed E-state index contributed by atoms with van der Waals surface area (Å²) in [4.78, 5) is 13.7. The fourth-order valence-electron chi connectivity index (χ4n) is 2.06. The van der Waals surface area contributed by atoms with E-state index in [4.69, 9.17) is 0 Å². The van der Waals surface area contributed by atoms with E-state index in [1.54, 1.807) is 7.05 Å². The van der Waals surface area contributed by atoms with Gasteiger partial charge < -0.3 is 10.2 Å². The van der Waals surface area contributed by atoms with Crippen LogP contribution in [0.4, 0.5) is 0 Å². The third-order valence-electron chi connectivity index (χ3n) is 3.23. The van der Waals surface area contributed by atoms with Crippen molar-refractivity contribution in [1.82, 2.24) is 10.2 Å².